The smallest absolute Gasteiger partial charge is 0.407 e. The van der Waals surface area contributed by atoms with E-state index in [1.807, 2.05) is 48.5 Å². The largest absolute Gasteiger partial charge is 0.445 e. The van der Waals surface area contributed by atoms with Gasteiger partial charge >= 0.3 is 6.09 Å². The van der Waals surface area contributed by atoms with Crippen molar-refractivity contribution >= 4 is 11.8 Å². The van der Waals surface area contributed by atoms with Crippen molar-refractivity contribution in [3.8, 4) is 6.07 Å². The Morgan fingerprint density at radius 1 is 1.26 bits per heavy atom. The van der Waals surface area contributed by atoms with Gasteiger partial charge in [-0.05, 0) is 48.1 Å². The summed E-state index contributed by atoms with van der Waals surface area (Å²) in [5.74, 6) is 0.858. The summed E-state index contributed by atoms with van der Waals surface area (Å²) in [7, 11) is 0. The molecule has 1 aliphatic carbocycles. The number of carbonyl (C=O) groups excluding carboxylic acids is 1. The van der Waals surface area contributed by atoms with Crippen molar-refractivity contribution in [2.75, 3.05) is 5.32 Å². The second-order valence-electron chi connectivity index (χ2n) is 7.46. The molecule has 1 heterocycles. The molecule has 2 aromatic rings. The van der Waals surface area contributed by atoms with E-state index in [2.05, 4.69) is 23.6 Å². The molecule has 4 rings (SSSR count). The number of hydrogen-bond donors (Lipinski definition) is 2. The highest BCUT2D eigenvalue weighted by Gasteiger charge is 2.42. The molecular weight excluding hydrogens is 338 g/mol. The number of hydrogen-bond acceptors (Lipinski definition) is 4. The highest BCUT2D eigenvalue weighted by molar-refractivity contribution is 5.70. The summed E-state index contributed by atoms with van der Waals surface area (Å²) >= 11 is 0. The van der Waals surface area contributed by atoms with Gasteiger partial charge in [0.1, 0.15) is 6.61 Å². The number of alkyl carbamates (subject to hydrolysis) is 1. The van der Waals surface area contributed by atoms with Crippen LogP contribution >= 0.6 is 0 Å². The van der Waals surface area contributed by atoms with E-state index in [0.29, 0.717) is 17.5 Å². The Bertz CT molecular complexity index is 871. The van der Waals surface area contributed by atoms with Crippen LogP contribution in [0.4, 0.5) is 10.5 Å². The fourth-order valence-electron chi connectivity index (χ4n) is 3.93. The van der Waals surface area contributed by atoms with Crippen LogP contribution in [0.25, 0.3) is 0 Å². The Labute approximate surface area is 159 Å². The lowest BCUT2D eigenvalue weighted by Gasteiger charge is -2.39. The first-order chi connectivity index (χ1) is 13.2. The number of fused-ring (bicyclic) bond motifs is 1. The van der Waals surface area contributed by atoms with Crippen molar-refractivity contribution in [1.82, 2.24) is 5.32 Å². The van der Waals surface area contributed by atoms with E-state index in [0.717, 1.165) is 16.8 Å². The molecule has 2 aliphatic rings. The molecule has 27 heavy (non-hydrogen) atoms. The SMILES string of the molecule is C[C@H]1[C@@H](NC(=O)OCc2ccccc2)c2cc(C#N)ccc2N[C@H]1C1CC1. The van der Waals surface area contributed by atoms with E-state index in [1.54, 1.807) is 0 Å². The Hall–Kier alpha value is -3.00. The summed E-state index contributed by atoms with van der Waals surface area (Å²) in [4.78, 5) is 12.5. The van der Waals surface area contributed by atoms with Gasteiger partial charge in [-0.15, -0.1) is 0 Å². The lowest BCUT2D eigenvalue weighted by atomic mass is 9.81. The number of rotatable bonds is 4. The molecule has 1 aliphatic heterocycles. The lowest BCUT2D eigenvalue weighted by molar-refractivity contribution is 0.130. The maximum absolute atomic E-state index is 12.5. The van der Waals surface area contributed by atoms with E-state index >= 15 is 0 Å². The highest BCUT2D eigenvalue weighted by Crippen LogP contribution is 2.45. The minimum Gasteiger partial charge on any atom is -0.445 e. The quantitative estimate of drug-likeness (QED) is 0.848. The van der Waals surface area contributed by atoms with Crippen molar-refractivity contribution in [2.45, 2.75) is 38.5 Å². The number of nitrogens with zero attached hydrogens (tertiary/aromatic N) is 1. The van der Waals surface area contributed by atoms with Crippen molar-refractivity contribution in [3.05, 3.63) is 65.2 Å². The van der Waals surface area contributed by atoms with Crippen molar-refractivity contribution in [1.29, 1.82) is 5.26 Å². The highest BCUT2D eigenvalue weighted by atomic mass is 16.5. The van der Waals surface area contributed by atoms with Crippen molar-refractivity contribution in [2.24, 2.45) is 11.8 Å². The Morgan fingerprint density at radius 2 is 2.04 bits per heavy atom. The van der Waals surface area contributed by atoms with Crippen LogP contribution in [0.3, 0.4) is 0 Å². The maximum Gasteiger partial charge on any atom is 0.407 e. The number of amides is 1. The second kappa shape index (κ2) is 7.32. The molecule has 1 fully saturated rings. The molecule has 0 aromatic heterocycles. The summed E-state index contributed by atoms with van der Waals surface area (Å²) in [6.45, 7) is 2.39. The predicted molar refractivity (Wildman–Crippen MR) is 103 cm³/mol. The van der Waals surface area contributed by atoms with Gasteiger partial charge in [-0.25, -0.2) is 4.79 Å². The van der Waals surface area contributed by atoms with E-state index in [1.165, 1.54) is 12.8 Å². The molecule has 1 amide bonds. The number of anilines is 1. The van der Waals surface area contributed by atoms with E-state index in [-0.39, 0.29) is 18.6 Å². The van der Waals surface area contributed by atoms with Gasteiger partial charge < -0.3 is 15.4 Å². The molecular formula is C22H23N3O2. The molecule has 5 nitrogen and oxygen atoms in total. The number of ether oxygens (including phenoxy) is 1. The topological polar surface area (TPSA) is 74.1 Å². The first kappa shape index (κ1) is 17.4. The van der Waals surface area contributed by atoms with Gasteiger partial charge in [0.05, 0.1) is 17.7 Å². The van der Waals surface area contributed by atoms with E-state index in [9.17, 15) is 10.1 Å². The van der Waals surface area contributed by atoms with Gasteiger partial charge in [-0.3, -0.25) is 0 Å². The first-order valence-electron chi connectivity index (χ1n) is 9.43. The average Bonchev–Trinajstić information content (AvgIpc) is 3.54. The Kier molecular flexibility index (Phi) is 4.72. The molecule has 0 bridgehead atoms. The van der Waals surface area contributed by atoms with Crippen LogP contribution in [0, 0.1) is 23.2 Å². The van der Waals surface area contributed by atoms with Crippen LogP contribution in [0.2, 0.25) is 0 Å². The van der Waals surface area contributed by atoms with Gasteiger partial charge in [-0.1, -0.05) is 37.3 Å². The predicted octanol–water partition coefficient (Wildman–Crippen LogP) is 4.37. The summed E-state index contributed by atoms with van der Waals surface area (Å²) in [6, 6.07) is 17.6. The molecule has 5 heteroatoms. The van der Waals surface area contributed by atoms with Gasteiger partial charge in [0, 0.05) is 17.6 Å². The van der Waals surface area contributed by atoms with Crippen LogP contribution in [0.15, 0.2) is 48.5 Å². The lowest BCUT2D eigenvalue weighted by Crippen LogP contribution is -2.45. The molecule has 2 aromatic carbocycles. The number of nitriles is 1. The molecule has 0 spiro atoms. The third-order valence-corrected chi connectivity index (χ3v) is 5.55. The fraction of sp³-hybridized carbons (Fsp3) is 0.364. The number of carbonyl (C=O) groups is 1. The van der Waals surface area contributed by atoms with Crippen LogP contribution in [-0.2, 0) is 11.3 Å². The Balaban J connectivity index is 1.52. The number of nitrogens with one attached hydrogen (secondary N) is 2. The molecule has 2 N–H and O–H groups in total. The monoisotopic (exact) mass is 361 g/mol. The third kappa shape index (κ3) is 3.75. The fourth-order valence-corrected chi connectivity index (χ4v) is 3.93. The van der Waals surface area contributed by atoms with Gasteiger partial charge in [0.25, 0.3) is 0 Å². The van der Waals surface area contributed by atoms with Crippen molar-refractivity contribution < 1.29 is 9.53 Å². The molecule has 0 radical (unpaired) electrons. The molecule has 138 valence electrons. The van der Waals surface area contributed by atoms with Gasteiger partial charge in [0.15, 0.2) is 0 Å². The van der Waals surface area contributed by atoms with Gasteiger partial charge in [0.2, 0.25) is 0 Å². The summed E-state index contributed by atoms with van der Waals surface area (Å²) in [5.41, 5.74) is 3.50. The average molecular weight is 361 g/mol. The van der Waals surface area contributed by atoms with Crippen molar-refractivity contribution in [3.63, 3.8) is 0 Å². The summed E-state index contributed by atoms with van der Waals surface area (Å²) in [6.07, 6.45) is 2.01. The van der Waals surface area contributed by atoms with E-state index < -0.39 is 6.09 Å². The zero-order chi connectivity index (χ0) is 18.8. The van der Waals surface area contributed by atoms with Crippen LogP contribution in [0.5, 0.6) is 0 Å². The van der Waals surface area contributed by atoms with Crippen LogP contribution in [0.1, 0.15) is 42.5 Å². The molecule has 0 saturated heterocycles. The van der Waals surface area contributed by atoms with E-state index in [4.69, 9.17) is 4.74 Å². The van der Waals surface area contributed by atoms with Gasteiger partial charge in [-0.2, -0.15) is 5.26 Å². The third-order valence-electron chi connectivity index (χ3n) is 5.55. The minimum absolute atomic E-state index is 0.177. The zero-order valence-corrected chi connectivity index (χ0v) is 15.3. The zero-order valence-electron chi connectivity index (χ0n) is 15.3. The maximum atomic E-state index is 12.5. The second-order valence-corrected chi connectivity index (χ2v) is 7.46. The minimum atomic E-state index is -0.430. The van der Waals surface area contributed by atoms with Crippen LogP contribution in [-0.4, -0.2) is 12.1 Å². The molecule has 3 atom stereocenters. The first-order valence-corrected chi connectivity index (χ1v) is 9.43. The summed E-state index contributed by atoms with van der Waals surface area (Å²) < 4.78 is 5.43. The summed E-state index contributed by atoms with van der Waals surface area (Å²) in [5, 5.41) is 15.9. The van der Waals surface area contributed by atoms with Crippen LogP contribution < -0.4 is 10.6 Å². The number of benzene rings is 2. The molecule has 0 unspecified atom stereocenters. The standard InChI is InChI=1S/C22H23N3O2/c1-14-20(17-8-9-17)24-19-10-7-16(12-23)11-18(19)21(14)25-22(26)27-13-15-5-3-2-4-6-15/h2-7,10-11,14,17,20-21,24H,8-9,13H2,1H3,(H,25,26)/t14-,20-,21-/m1/s1. The Morgan fingerprint density at radius 3 is 2.74 bits per heavy atom. The normalized spacial score (nSPS) is 23.5. The molecule has 1 saturated carbocycles.